The molecule has 0 aliphatic carbocycles. The summed E-state index contributed by atoms with van der Waals surface area (Å²) in [6.07, 6.45) is 1.93. The Hall–Kier alpha value is -1.61. The molecule has 0 amide bonds. The molecule has 0 aliphatic rings. The van der Waals surface area contributed by atoms with Crippen molar-refractivity contribution in [3.05, 3.63) is 17.5 Å². The van der Waals surface area contributed by atoms with Gasteiger partial charge in [0.25, 0.3) is 0 Å². The molecule has 0 saturated carbocycles. The molecule has 0 bridgehead atoms. The molecular formula is C15H29N5O3S. The van der Waals surface area contributed by atoms with Crippen molar-refractivity contribution in [2.24, 2.45) is 4.99 Å². The number of hydrogen-bond acceptors (Lipinski definition) is 5. The van der Waals surface area contributed by atoms with E-state index in [0.717, 1.165) is 11.5 Å². The number of sulfonamides is 1. The molecule has 0 aliphatic heterocycles. The Morgan fingerprint density at radius 3 is 2.62 bits per heavy atom. The summed E-state index contributed by atoms with van der Waals surface area (Å²) in [5.74, 6) is 1.71. The van der Waals surface area contributed by atoms with Crippen LogP contribution >= 0.6 is 0 Å². The first kappa shape index (κ1) is 20.4. The van der Waals surface area contributed by atoms with Gasteiger partial charge in [-0.2, -0.15) is 0 Å². The molecule has 8 nitrogen and oxygen atoms in total. The number of aromatic nitrogens is 1. The van der Waals surface area contributed by atoms with Crippen LogP contribution in [0.1, 0.15) is 44.6 Å². The zero-order chi connectivity index (χ0) is 18.2. The smallest absolute Gasteiger partial charge is 0.211 e. The lowest BCUT2D eigenvalue weighted by Gasteiger charge is -2.18. The third kappa shape index (κ3) is 6.88. The van der Waals surface area contributed by atoms with Crippen LogP contribution in [0.2, 0.25) is 0 Å². The van der Waals surface area contributed by atoms with Gasteiger partial charge in [-0.1, -0.05) is 25.9 Å². The standard InChI is InChI=1S/C15H29N5O3S/c1-6-20(24(5,21)22)9-7-8-17-15(16-4)18-11-13-10-14(12(2)3)19-23-13/h10,12H,6-9,11H2,1-5H3,(H2,16,17,18). The largest absolute Gasteiger partial charge is 0.359 e. The third-order valence-corrected chi connectivity index (χ3v) is 4.90. The van der Waals surface area contributed by atoms with Crippen LogP contribution in [0.5, 0.6) is 0 Å². The average Bonchev–Trinajstić information content (AvgIpc) is 2.98. The van der Waals surface area contributed by atoms with E-state index in [-0.39, 0.29) is 0 Å². The minimum Gasteiger partial charge on any atom is -0.359 e. The van der Waals surface area contributed by atoms with Gasteiger partial charge in [0.2, 0.25) is 10.0 Å². The summed E-state index contributed by atoms with van der Waals surface area (Å²) in [7, 11) is -1.45. The zero-order valence-electron chi connectivity index (χ0n) is 15.2. The number of aliphatic imine (C=N–C) groups is 1. The summed E-state index contributed by atoms with van der Waals surface area (Å²) in [5, 5.41) is 10.3. The molecule has 138 valence electrons. The predicted octanol–water partition coefficient (Wildman–Crippen LogP) is 1.13. The van der Waals surface area contributed by atoms with E-state index in [9.17, 15) is 8.42 Å². The summed E-state index contributed by atoms with van der Waals surface area (Å²) in [6.45, 7) is 8.03. The highest BCUT2D eigenvalue weighted by Crippen LogP contribution is 2.13. The van der Waals surface area contributed by atoms with Gasteiger partial charge in [-0.3, -0.25) is 4.99 Å². The molecular weight excluding hydrogens is 330 g/mol. The van der Waals surface area contributed by atoms with Crippen molar-refractivity contribution in [3.63, 3.8) is 0 Å². The topological polar surface area (TPSA) is 99.8 Å². The van der Waals surface area contributed by atoms with E-state index in [0.29, 0.717) is 44.5 Å². The van der Waals surface area contributed by atoms with Crippen molar-refractivity contribution in [2.75, 3.05) is 32.9 Å². The van der Waals surface area contributed by atoms with Gasteiger partial charge in [0.05, 0.1) is 18.5 Å². The van der Waals surface area contributed by atoms with Crippen LogP contribution in [0.4, 0.5) is 0 Å². The van der Waals surface area contributed by atoms with Crippen molar-refractivity contribution < 1.29 is 12.9 Å². The van der Waals surface area contributed by atoms with Gasteiger partial charge in [0.15, 0.2) is 11.7 Å². The van der Waals surface area contributed by atoms with Crippen LogP contribution in [-0.2, 0) is 16.6 Å². The fraction of sp³-hybridized carbons (Fsp3) is 0.733. The van der Waals surface area contributed by atoms with E-state index >= 15 is 0 Å². The maximum Gasteiger partial charge on any atom is 0.211 e. The minimum atomic E-state index is -3.13. The molecule has 1 heterocycles. The summed E-state index contributed by atoms with van der Waals surface area (Å²) < 4.78 is 29.7. The molecule has 0 spiro atoms. The normalized spacial score (nSPS) is 12.9. The first-order chi connectivity index (χ1) is 11.3. The van der Waals surface area contributed by atoms with E-state index in [4.69, 9.17) is 4.52 Å². The molecule has 0 fully saturated rings. The summed E-state index contributed by atoms with van der Waals surface area (Å²) >= 11 is 0. The lowest BCUT2D eigenvalue weighted by Crippen LogP contribution is -2.39. The maximum atomic E-state index is 11.5. The summed E-state index contributed by atoms with van der Waals surface area (Å²) in [5.41, 5.74) is 0.926. The van der Waals surface area contributed by atoms with Crippen LogP contribution in [0.3, 0.4) is 0 Å². The number of rotatable bonds is 9. The molecule has 0 saturated heterocycles. The van der Waals surface area contributed by atoms with Crippen molar-refractivity contribution in [1.82, 2.24) is 20.1 Å². The SMILES string of the molecule is CCN(CCCNC(=NC)NCc1cc(C(C)C)no1)S(C)(=O)=O. The van der Waals surface area contributed by atoms with E-state index in [2.05, 4.69) is 34.6 Å². The maximum absolute atomic E-state index is 11.5. The van der Waals surface area contributed by atoms with Gasteiger partial charge in [-0.15, -0.1) is 0 Å². The second-order valence-electron chi connectivity index (χ2n) is 5.83. The van der Waals surface area contributed by atoms with Gasteiger partial charge in [0, 0.05) is 32.7 Å². The second-order valence-corrected chi connectivity index (χ2v) is 7.82. The molecule has 0 unspecified atom stereocenters. The minimum absolute atomic E-state index is 0.330. The number of guanidine groups is 1. The monoisotopic (exact) mass is 359 g/mol. The van der Waals surface area contributed by atoms with Crippen LogP contribution in [0, 0.1) is 0 Å². The number of nitrogens with zero attached hydrogens (tertiary/aromatic N) is 3. The van der Waals surface area contributed by atoms with Crippen molar-refractivity contribution in [2.45, 2.75) is 39.7 Å². The molecule has 0 aromatic carbocycles. The molecule has 0 atom stereocenters. The van der Waals surface area contributed by atoms with Crippen molar-refractivity contribution in [3.8, 4) is 0 Å². The highest BCUT2D eigenvalue weighted by Gasteiger charge is 2.13. The molecule has 9 heteroatoms. The van der Waals surface area contributed by atoms with Gasteiger partial charge in [0.1, 0.15) is 0 Å². The van der Waals surface area contributed by atoms with Crippen LogP contribution < -0.4 is 10.6 Å². The highest BCUT2D eigenvalue weighted by molar-refractivity contribution is 7.88. The Morgan fingerprint density at radius 1 is 1.42 bits per heavy atom. The lowest BCUT2D eigenvalue weighted by atomic mass is 10.1. The Morgan fingerprint density at radius 2 is 2.12 bits per heavy atom. The van der Waals surface area contributed by atoms with Gasteiger partial charge in [-0.05, 0) is 12.3 Å². The third-order valence-electron chi connectivity index (χ3n) is 3.52. The fourth-order valence-electron chi connectivity index (χ4n) is 2.10. The zero-order valence-corrected chi connectivity index (χ0v) is 16.0. The number of hydrogen-bond donors (Lipinski definition) is 2. The molecule has 1 rings (SSSR count). The van der Waals surface area contributed by atoms with E-state index in [1.165, 1.54) is 10.6 Å². The van der Waals surface area contributed by atoms with E-state index in [1.807, 2.05) is 13.0 Å². The highest BCUT2D eigenvalue weighted by atomic mass is 32.2. The molecule has 0 radical (unpaired) electrons. The second kappa shape index (κ2) is 9.63. The van der Waals surface area contributed by atoms with Crippen LogP contribution in [0.15, 0.2) is 15.6 Å². The van der Waals surface area contributed by atoms with Crippen LogP contribution in [0.25, 0.3) is 0 Å². The van der Waals surface area contributed by atoms with Gasteiger partial charge < -0.3 is 15.2 Å². The van der Waals surface area contributed by atoms with E-state index < -0.39 is 10.0 Å². The quantitative estimate of drug-likeness (QED) is 0.390. The van der Waals surface area contributed by atoms with Crippen LogP contribution in [-0.4, -0.2) is 56.8 Å². The Bertz CT molecular complexity index is 625. The molecule has 24 heavy (non-hydrogen) atoms. The Labute approximate surface area is 144 Å². The first-order valence-electron chi connectivity index (χ1n) is 8.13. The Kier molecular flexibility index (Phi) is 8.20. The molecule has 1 aromatic rings. The first-order valence-corrected chi connectivity index (χ1v) is 9.97. The van der Waals surface area contributed by atoms with Crippen molar-refractivity contribution in [1.29, 1.82) is 0 Å². The van der Waals surface area contributed by atoms with Gasteiger partial charge >= 0.3 is 0 Å². The average molecular weight is 359 g/mol. The predicted molar refractivity (Wildman–Crippen MR) is 95.5 cm³/mol. The van der Waals surface area contributed by atoms with Crippen molar-refractivity contribution >= 4 is 16.0 Å². The summed E-state index contributed by atoms with van der Waals surface area (Å²) in [4.78, 5) is 4.13. The lowest BCUT2D eigenvalue weighted by molar-refractivity contribution is 0.371. The fourth-order valence-corrected chi connectivity index (χ4v) is 3.03. The van der Waals surface area contributed by atoms with E-state index in [1.54, 1.807) is 7.05 Å². The van der Waals surface area contributed by atoms with Gasteiger partial charge in [-0.25, -0.2) is 12.7 Å². The Balaban J connectivity index is 2.35. The number of nitrogens with one attached hydrogen (secondary N) is 2. The molecule has 1 aromatic heterocycles. The summed E-state index contributed by atoms with van der Waals surface area (Å²) in [6, 6.07) is 1.93. The molecule has 2 N–H and O–H groups in total.